The van der Waals surface area contributed by atoms with Crippen molar-refractivity contribution in [2.45, 2.75) is 32.7 Å². The van der Waals surface area contributed by atoms with Crippen molar-refractivity contribution in [1.82, 2.24) is 19.7 Å². The van der Waals surface area contributed by atoms with Crippen LogP contribution in [0.2, 0.25) is 0 Å². The van der Waals surface area contributed by atoms with Crippen LogP contribution in [0.4, 0.5) is 0 Å². The third-order valence-electron chi connectivity index (χ3n) is 5.18. The van der Waals surface area contributed by atoms with Crippen LogP contribution >= 0.6 is 0 Å². The SMILES string of the molecule is CCCCc1nc(-c2ccccc2)nn1Cc1ccc(-c2ccncc2C(=O)O)cc1. The molecule has 6 nitrogen and oxygen atoms in total. The minimum atomic E-state index is -0.983. The summed E-state index contributed by atoms with van der Waals surface area (Å²) >= 11 is 0. The number of nitrogens with zero attached hydrogens (tertiary/aromatic N) is 4. The van der Waals surface area contributed by atoms with E-state index in [1.165, 1.54) is 6.20 Å². The van der Waals surface area contributed by atoms with Crippen LogP contribution in [-0.4, -0.2) is 30.8 Å². The van der Waals surface area contributed by atoms with Crippen molar-refractivity contribution in [2.75, 3.05) is 0 Å². The van der Waals surface area contributed by atoms with Gasteiger partial charge in [-0.25, -0.2) is 14.5 Å². The lowest BCUT2D eigenvalue weighted by Gasteiger charge is -2.09. The molecule has 156 valence electrons. The van der Waals surface area contributed by atoms with E-state index in [0.717, 1.165) is 47.6 Å². The van der Waals surface area contributed by atoms with Crippen LogP contribution in [0.25, 0.3) is 22.5 Å². The van der Waals surface area contributed by atoms with E-state index in [4.69, 9.17) is 10.1 Å². The minimum Gasteiger partial charge on any atom is -0.478 e. The van der Waals surface area contributed by atoms with E-state index in [1.807, 2.05) is 59.3 Å². The first kappa shape index (κ1) is 20.5. The number of carboxylic acids is 1. The standard InChI is InChI=1S/C25H24N4O2/c1-2-3-9-23-27-24(20-7-5-4-6-8-20)28-29(23)17-18-10-12-19(13-11-18)21-14-15-26-16-22(21)25(30)31/h4-8,10-16H,2-3,9,17H2,1H3,(H,30,31). The summed E-state index contributed by atoms with van der Waals surface area (Å²) in [6.07, 6.45) is 6.03. The zero-order valence-corrected chi connectivity index (χ0v) is 17.4. The smallest absolute Gasteiger partial charge is 0.337 e. The van der Waals surface area contributed by atoms with Crippen LogP contribution in [0.5, 0.6) is 0 Å². The zero-order chi connectivity index (χ0) is 21.6. The Labute approximate surface area is 181 Å². The Hall–Kier alpha value is -3.80. The molecule has 0 spiro atoms. The van der Waals surface area contributed by atoms with Gasteiger partial charge in [-0.05, 0) is 29.2 Å². The summed E-state index contributed by atoms with van der Waals surface area (Å²) in [4.78, 5) is 20.2. The molecule has 2 aromatic heterocycles. The molecule has 0 fully saturated rings. The van der Waals surface area contributed by atoms with Crippen LogP contribution in [0.15, 0.2) is 73.1 Å². The molecular weight excluding hydrogens is 388 g/mol. The molecule has 0 aliphatic rings. The van der Waals surface area contributed by atoms with E-state index < -0.39 is 5.97 Å². The quantitative estimate of drug-likeness (QED) is 0.436. The molecule has 0 aliphatic carbocycles. The highest BCUT2D eigenvalue weighted by Gasteiger charge is 2.13. The highest BCUT2D eigenvalue weighted by atomic mass is 16.4. The highest BCUT2D eigenvalue weighted by molar-refractivity contribution is 5.95. The van der Waals surface area contributed by atoms with Gasteiger partial charge in [0.25, 0.3) is 0 Å². The first-order chi connectivity index (χ1) is 15.2. The summed E-state index contributed by atoms with van der Waals surface area (Å²) in [6, 6.07) is 19.6. The number of aryl methyl sites for hydroxylation is 1. The highest BCUT2D eigenvalue weighted by Crippen LogP contribution is 2.24. The van der Waals surface area contributed by atoms with Crippen LogP contribution in [0.3, 0.4) is 0 Å². The van der Waals surface area contributed by atoms with E-state index in [-0.39, 0.29) is 5.56 Å². The Morgan fingerprint density at radius 3 is 2.48 bits per heavy atom. The third-order valence-corrected chi connectivity index (χ3v) is 5.18. The van der Waals surface area contributed by atoms with Gasteiger partial charge < -0.3 is 5.11 Å². The van der Waals surface area contributed by atoms with Gasteiger partial charge in [-0.15, -0.1) is 0 Å². The predicted molar refractivity (Wildman–Crippen MR) is 120 cm³/mol. The van der Waals surface area contributed by atoms with Gasteiger partial charge in [-0.2, -0.15) is 5.10 Å². The summed E-state index contributed by atoms with van der Waals surface area (Å²) in [6.45, 7) is 2.78. The van der Waals surface area contributed by atoms with Gasteiger partial charge in [0.05, 0.1) is 12.1 Å². The summed E-state index contributed by atoms with van der Waals surface area (Å²) in [7, 11) is 0. The number of hydrogen-bond donors (Lipinski definition) is 1. The molecule has 2 aromatic carbocycles. The van der Waals surface area contributed by atoms with Crippen LogP contribution in [0.1, 0.15) is 41.5 Å². The van der Waals surface area contributed by atoms with E-state index in [2.05, 4.69) is 11.9 Å². The van der Waals surface area contributed by atoms with E-state index >= 15 is 0 Å². The average Bonchev–Trinajstić information content (AvgIpc) is 3.21. The Morgan fingerprint density at radius 2 is 1.77 bits per heavy atom. The van der Waals surface area contributed by atoms with Crippen molar-refractivity contribution in [2.24, 2.45) is 0 Å². The molecule has 0 saturated carbocycles. The second-order valence-electron chi connectivity index (χ2n) is 7.40. The monoisotopic (exact) mass is 412 g/mol. The molecule has 2 heterocycles. The van der Waals surface area contributed by atoms with Gasteiger partial charge in [0, 0.05) is 24.4 Å². The maximum atomic E-state index is 11.5. The second kappa shape index (κ2) is 9.34. The van der Waals surface area contributed by atoms with Gasteiger partial charge in [-0.1, -0.05) is 67.9 Å². The summed E-state index contributed by atoms with van der Waals surface area (Å²) < 4.78 is 1.97. The summed E-state index contributed by atoms with van der Waals surface area (Å²) in [5.74, 6) is 0.738. The maximum absolute atomic E-state index is 11.5. The molecule has 4 aromatic rings. The Balaban J connectivity index is 1.60. The lowest BCUT2D eigenvalue weighted by atomic mass is 10.0. The molecule has 0 radical (unpaired) electrons. The van der Waals surface area contributed by atoms with E-state index in [9.17, 15) is 9.90 Å². The van der Waals surface area contributed by atoms with Crippen LogP contribution in [-0.2, 0) is 13.0 Å². The second-order valence-corrected chi connectivity index (χ2v) is 7.40. The fourth-order valence-electron chi connectivity index (χ4n) is 3.51. The first-order valence-corrected chi connectivity index (χ1v) is 10.4. The van der Waals surface area contributed by atoms with Gasteiger partial charge in [0.15, 0.2) is 5.82 Å². The molecular formula is C25H24N4O2. The van der Waals surface area contributed by atoms with Crippen molar-refractivity contribution in [3.05, 3.63) is 90.0 Å². The van der Waals surface area contributed by atoms with Crippen molar-refractivity contribution < 1.29 is 9.90 Å². The number of rotatable bonds is 8. The Kier molecular flexibility index (Phi) is 6.17. The predicted octanol–water partition coefficient (Wildman–Crippen LogP) is 5.10. The minimum absolute atomic E-state index is 0.195. The lowest BCUT2D eigenvalue weighted by molar-refractivity contribution is 0.0697. The number of unbranched alkanes of at least 4 members (excludes halogenated alkanes) is 1. The van der Waals surface area contributed by atoms with Crippen molar-refractivity contribution in [3.63, 3.8) is 0 Å². The van der Waals surface area contributed by atoms with Crippen molar-refractivity contribution in [3.8, 4) is 22.5 Å². The Bertz CT molecular complexity index is 1170. The molecule has 6 heteroatoms. The molecule has 0 atom stereocenters. The van der Waals surface area contributed by atoms with Crippen molar-refractivity contribution >= 4 is 5.97 Å². The van der Waals surface area contributed by atoms with Gasteiger partial charge in [0.2, 0.25) is 0 Å². The number of carbonyl (C=O) groups is 1. The molecule has 1 N–H and O–H groups in total. The Morgan fingerprint density at radius 1 is 1.00 bits per heavy atom. The molecule has 0 unspecified atom stereocenters. The normalized spacial score (nSPS) is 10.9. The zero-order valence-electron chi connectivity index (χ0n) is 17.4. The number of aromatic nitrogens is 4. The fourth-order valence-corrected chi connectivity index (χ4v) is 3.51. The molecule has 0 aliphatic heterocycles. The summed E-state index contributed by atoms with van der Waals surface area (Å²) in [5.41, 5.74) is 3.79. The number of aromatic carboxylic acids is 1. The van der Waals surface area contributed by atoms with E-state index in [0.29, 0.717) is 12.1 Å². The number of pyridine rings is 1. The van der Waals surface area contributed by atoms with Gasteiger partial charge in [-0.3, -0.25) is 4.98 Å². The maximum Gasteiger partial charge on any atom is 0.337 e. The molecule has 0 amide bonds. The van der Waals surface area contributed by atoms with Crippen LogP contribution in [0, 0.1) is 0 Å². The van der Waals surface area contributed by atoms with Crippen LogP contribution < -0.4 is 0 Å². The third kappa shape index (κ3) is 4.69. The average molecular weight is 412 g/mol. The van der Waals surface area contributed by atoms with Gasteiger partial charge >= 0.3 is 5.97 Å². The number of carboxylic acid groups (broad SMARTS) is 1. The summed E-state index contributed by atoms with van der Waals surface area (Å²) in [5, 5.41) is 14.2. The topological polar surface area (TPSA) is 80.9 Å². The molecule has 4 rings (SSSR count). The first-order valence-electron chi connectivity index (χ1n) is 10.4. The lowest BCUT2D eigenvalue weighted by Crippen LogP contribution is -2.07. The number of benzene rings is 2. The molecule has 0 saturated heterocycles. The largest absolute Gasteiger partial charge is 0.478 e. The number of hydrogen-bond acceptors (Lipinski definition) is 4. The van der Waals surface area contributed by atoms with Crippen molar-refractivity contribution in [1.29, 1.82) is 0 Å². The molecule has 31 heavy (non-hydrogen) atoms. The fraction of sp³-hybridized carbons (Fsp3) is 0.200. The molecule has 0 bridgehead atoms. The van der Waals surface area contributed by atoms with Gasteiger partial charge in [0.1, 0.15) is 5.82 Å². The van der Waals surface area contributed by atoms with E-state index in [1.54, 1.807) is 12.3 Å².